The first-order valence-electron chi connectivity index (χ1n) is 10.2. The molecule has 0 amide bonds. The molecule has 150 valence electrons. The molecule has 1 aromatic carbocycles. The number of carbonyl (C=O) groups excluding carboxylic acids is 3. The van der Waals surface area contributed by atoms with Gasteiger partial charge in [-0.3, -0.25) is 9.59 Å². The van der Waals surface area contributed by atoms with Gasteiger partial charge in [0.1, 0.15) is 12.2 Å². The SMILES string of the molecule is CCCCC(C)C(=O)/C=C/C1C(OC(=O)c2ccccc2)CC2OC(=O)CC21. The Morgan fingerprint density at radius 3 is 2.75 bits per heavy atom. The largest absolute Gasteiger partial charge is 0.462 e. The molecule has 0 aromatic heterocycles. The van der Waals surface area contributed by atoms with Crippen molar-refractivity contribution >= 4 is 17.7 Å². The number of allylic oxidation sites excluding steroid dienone is 1. The van der Waals surface area contributed by atoms with E-state index in [1.165, 1.54) is 0 Å². The molecule has 0 spiro atoms. The van der Waals surface area contributed by atoms with E-state index in [9.17, 15) is 14.4 Å². The van der Waals surface area contributed by atoms with Crippen LogP contribution in [0.4, 0.5) is 0 Å². The molecule has 2 aliphatic rings. The van der Waals surface area contributed by atoms with Gasteiger partial charge in [0.05, 0.1) is 12.0 Å². The molecule has 0 radical (unpaired) electrons. The van der Waals surface area contributed by atoms with Crippen LogP contribution in [0.3, 0.4) is 0 Å². The highest BCUT2D eigenvalue weighted by molar-refractivity contribution is 5.91. The summed E-state index contributed by atoms with van der Waals surface area (Å²) in [4.78, 5) is 36.6. The summed E-state index contributed by atoms with van der Waals surface area (Å²) in [5.41, 5.74) is 0.489. The van der Waals surface area contributed by atoms with Crippen LogP contribution in [-0.4, -0.2) is 29.9 Å². The number of hydrogen-bond donors (Lipinski definition) is 0. The number of carbonyl (C=O) groups is 3. The third-order valence-electron chi connectivity index (χ3n) is 5.78. The molecule has 1 heterocycles. The molecule has 1 aliphatic heterocycles. The Hall–Kier alpha value is -2.43. The van der Waals surface area contributed by atoms with Crippen LogP contribution in [0.25, 0.3) is 0 Å². The van der Waals surface area contributed by atoms with Crippen molar-refractivity contribution in [2.75, 3.05) is 0 Å². The third-order valence-corrected chi connectivity index (χ3v) is 5.78. The van der Waals surface area contributed by atoms with Crippen LogP contribution in [0.5, 0.6) is 0 Å². The molecule has 5 atom stereocenters. The van der Waals surface area contributed by atoms with Gasteiger partial charge >= 0.3 is 11.9 Å². The Kier molecular flexibility index (Phi) is 6.65. The molecule has 3 rings (SSSR count). The first-order chi connectivity index (χ1) is 13.5. The lowest BCUT2D eigenvalue weighted by molar-refractivity contribution is -0.141. The summed E-state index contributed by atoms with van der Waals surface area (Å²) in [5, 5.41) is 0. The molecular formula is C23H28O5. The number of benzene rings is 1. The average molecular weight is 384 g/mol. The number of ether oxygens (including phenoxy) is 2. The number of ketones is 1. The number of fused-ring (bicyclic) bond motifs is 1. The van der Waals surface area contributed by atoms with Crippen LogP contribution in [0, 0.1) is 17.8 Å². The summed E-state index contributed by atoms with van der Waals surface area (Å²) in [6.45, 7) is 4.05. The second kappa shape index (κ2) is 9.18. The van der Waals surface area contributed by atoms with E-state index in [-0.39, 0.29) is 35.6 Å². The monoisotopic (exact) mass is 384 g/mol. The topological polar surface area (TPSA) is 69.7 Å². The summed E-state index contributed by atoms with van der Waals surface area (Å²) in [7, 11) is 0. The fourth-order valence-corrected chi connectivity index (χ4v) is 4.09. The van der Waals surface area contributed by atoms with E-state index in [1.54, 1.807) is 30.3 Å². The van der Waals surface area contributed by atoms with E-state index in [1.807, 2.05) is 19.1 Å². The van der Waals surface area contributed by atoms with Gasteiger partial charge in [0, 0.05) is 24.2 Å². The van der Waals surface area contributed by atoms with E-state index in [0.717, 1.165) is 19.3 Å². The van der Waals surface area contributed by atoms with Crippen molar-refractivity contribution in [3.63, 3.8) is 0 Å². The summed E-state index contributed by atoms with van der Waals surface area (Å²) >= 11 is 0. The van der Waals surface area contributed by atoms with Crippen LogP contribution >= 0.6 is 0 Å². The van der Waals surface area contributed by atoms with Gasteiger partial charge in [-0.05, 0) is 24.6 Å². The number of hydrogen-bond acceptors (Lipinski definition) is 5. The third kappa shape index (κ3) is 4.70. The van der Waals surface area contributed by atoms with Gasteiger partial charge in [-0.1, -0.05) is 51.0 Å². The van der Waals surface area contributed by atoms with Crippen molar-refractivity contribution in [2.24, 2.45) is 17.8 Å². The Morgan fingerprint density at radius 2 is 2.04 bits per heavy atom. The second-order valence-electron chi connectivity index (χ2n) is 7.82. The molecule has 5 nitrogen and oxygen atoms in total. The first-order valence-corrected chi connectivity index (χ1v) is 10.2. The summed E-state index contributed by atoms with van der Waals surface area (Å²) in [6, 6.07) is 8.84. The molecular weight excluding hydrogens is 356 g/mol. The van der Waals surface area contributed by atoms with E-state index in [4.69, 9.17) is 9.47 Å². The van der Waals surface area contributed by atoms with Gasteiger partial charge in [0.2, 0.25) is 0 Å². The van der Waals surface area contributed by atoms with E-state index in [0.29, 0.717) is 18.4 Å². The van der Waals surface area contributed by atoms with Crippen molar-refractivity contribution < 1.29 is 23.9 Å². The minimum absolute atomic E-state index is 0.0276. The van der Waals surface area contributed by atoms with Crippen LogP contribution in [-0.2, 0) is 19.1 Å². The molecule has 1 aliphatic carbocycles. The highest BCUT2D eigenvalue weighted by Crippen LogP contribution is 2.43. The van der Waals surface area contributed by atoms with Gasteiger partial charge in [-0.15, -0.1) is 0 Å². The summed E-state index contributed by atoms with van der Waals surface area (Å²) in [5.74, 6) is -0.792. The van der Waals surface area contributed by atoms with E-state index in [2.05, 4.69) is 6.92 Å². The Labute approximate surface area is 166 Å². The highest BCUT2D eigenvalue weighted by Gasteiger charge is 2.50. The zero-order valence-electron chi connectivity index (χ0n) is 16.5. The molecule has 0 N–H and O–H groups in total. The Morgan fingerprint density at radius 1 is 1.29 bits per heavy atom. The maximum atomic E-state index is 12.5. The number of esters is 2. The van der Waals surface area contributed by atoms with Gasteiger partial charge < -0.3 is 9.47 Å². The number of unbranched alkanes of at least 4 members (excludes halogenated alkanes) is 1. The fourth-order valence-electron chi connectivity index (χ4n) is 4.09. The quantitative estimate of drug-likeness (QED) is 0.498. The Balaban J connectivity index is 1.70. The number of rotatable bonds is 8. The van der Waals surface area contributed by atoms with Crippen molar-refractivity contribution in [1.29, 1.82) is 0 Å². The molecule has 2 fully saturated rings. The predicted octanol–water partition coefficient (Wildman–Crippen LogP) is 4.12. The molecule has 1 aromatic rings. The molecule has 28 heavy (non-hydrogen) atoms. The predicted molar refractivity (Wildman–Crippen MR) is 105 cm³/mol. The van der Waals surface area contributed by atoms with Gasteiger partial charge in [0.15, 0.2) is 5.78 Å². The molecule has 1 saturated heterocycles. The van der Waals surface area contributed by atoms with Crippen LogP contribution in [0.1, 0.15) is 56.3 Å². The van der Waals surface area contributed by atoms with E-state index < -0.39 is 12.1 Å². The van der Waals surface area contributed by atoms with Crippen molar-refractivity contribution in [1.82, 2.24) is 0 Å². The van der Waals surface area contributed by atoms with E-state index >= 15 is 0 Å². The second-order valence-corrected chi connectivity index (χ2v) is 7.82. The lowest BCUT2D eigenvalue weighted by Gasteiger charge is -2.20. The molecule has 1 saturated carbocycles. The standard InChI is InChI=1S/C23H28O5/c1-3-4-8-15(2)19(24)12-11-17-18-13-22(25)27-21(18)14-20(17)28-23(26)16-9-6-5-7-10-16/h5-7,9-12,15,17-18,20-21H,3-4,8,13-14H2,1-2H3/b12-11+. The maximum absolute atomic E-state index is 12.5. The summed E-state index contributed by atoms with van der Waals surface area (Å²) < 4.78 is 11.1. The van der Waals surface area contributed by atoms with Crippen molar-refractivity contribution in [3.05, 3.63) is 48.0 Å². The normalized spacial score (nSPS) is 27.4. The van der Waals surface area contributed by atoms with Gasteiger partial charge in [0.25, 0.3) is 0 Å². The van der Waals surface area contributed by atoms with Crippen LogP contribution in [0.15, 0.2) is 42.5 Å². The fraction of sp³-hybridized carbons (Fsp3) is 0.522. The first kappa shape index (κ1) is 20.3. The molecule has 5 unspecified atom stereocenters. The minimum atomic E-state index is -0.397. The summed E-state index contributed by atoms with van der Waals surface area (Å²) in [6.07, 6.45) is 6.53. The molecule has 0 bridgehead atoms. The maximum Gasteiger partial charge on any atom is 0.338 e. The highest BCUT2D eigenvalue weighted by atomic mass is 16.6. The zero-order valence-corrected chi connectivity index (χ0v) is 16.5. The lowest BCUT2D eigenvalue weighted by Crippen LogP contribution is -2.25. The molecule has 5 heteroatoms. The van der Waals surface area contributed by atoms with Crippen LogP contribution < -0.4 is 0 Å². The van der Waals surface area contributed by atoms with Gasteiger partial charge in [-0.2, -0.15) is 0 Å². The smallest absolute Gasteiger partial charge is 0.338 e. The van der Waals surface area contributed by atoms with Crippen LogP contribution in [0.2, 0.25) is 0 Å². The van der Waals surface area contributed by atoms with Crippen molar-refractivity contribution in [3.8, 4) is 0 Å². The lowest BCUT2D eigenvalue weighted by atomic mass is 9.90. The minimum Gasteiger partial charge on any atom is -0.462 e. The average Bonchev–Trinajstić information content (AvgIpc) is 3.20. The van der Waals surface area contributed by atoms with Gasteiger partial charge in [-0.25, -0.2) is 4.79 Å². The Bertz CT molecular complexity index is 739. The van der Waals surface area contributed by atoms with Crippen molar-refractivity contribution in [2.45, 2.75) is 58.2 Å². The zero-order chi connectivity index (χ0) is 20.1.